The van der Waals surface area contributed by atoms with Crippen LogP contribution in [0.15, 0.2) is 21.9 Å². The Morgan fingerprint density at radius 2 is 2.00 bits per heavy atom. The number of H-pyrrole nitrogens is 1. The van der Waals surface area contributed by atoms with Crippen LogP contribution in [0, 0.1) is 17.3 Å². The highest BCUT2D eigenvalue weighted by molar-refractivity contribution is 5.78. The highest BCUT2D eigenvalue weighted by Crippen LogP contribution is 2.51. The normalized spacial score (nSPS) is 25.2. The minimum Gasteiger partial charge on any atom is -0.465 e. The fraction of sp³-hybridized carbons (Fsp3) is 0.667. The predicted octanol–water partition coefficient (Wildman–Crippen LogP) is 1.96. The molecule has 138 valence electrons. The van der Waals surface area contributed by atoms with Crippen LogP contribution in [-0.2, 0) is 9.53 Å². The molecule has 0 aromatic carbocycles. The van der Waals surface area contributed by atoms with Crippen LogP contribution in [0.4, 0.5) is 0 Å². The number of ether oxygens (including phenoxy) is 1. The first-order valence-electron chi connectivity index (χ1n) is 8.78. The zero-order chi connectivity index (χ0) is 18.6. The number of esters is 1. The molecule has 7 heteroatoms. The average molecular weight is 350 g/mol. The summed E-state index contributed by atoms with van der Waals surface area (Å²) < 4.78 is 6.28. The first kappa shape index (κ1) is 19.1. The van der Waals surface area contributed by atoms with Crippen LogP contribution in [0.25, 0.3) is 0 Å². The Kier molecular flexibility index (Phi) is 5.98. The maximum atomic E-state index is 12.2. The van der Waals surface area contributed by atoms with Gasteiger partial charge >= 0.3 is 11.7 Å². The fourth-order valence-electron chi connectivity index (χ4n) is 3.39. The third kappa shape index (κ3) is 4.27. The summed E-state index contributed by atoms with van der Waals surface area (Å²) >= 11 is 0. The van der Waals surface area contributed by atoms with E-state index in [0.717, 1.165) is 23.5 Å². The summed E-state index contributed by atoms with van der Waals surface area (Å²) in [5.41, 5.74) is -1.61. The molecule has 0 spiro atoms. The van der Waals surface area contributed by atoms with Gasteiger partial charge in [-0.05, 0) is 44.4 Å². The molecule has 1 heterocycles. The molecule has 1 saturated carbocycles. The second-order valence-electron chi connectivity index (χ2n) is 7.21. The quantitative estimate of drug-likeness (QED) is 0.599. The maximum Gasteiger partial charge on any atom is 0.335 e. The van der Waals surface area contributed by atoms with Gasteiger partial charge in [0.15, 0.2) is 0 Å². The lowest BCUT2D eigenvalue weighted by atomic mass is 9.56. The van der Waals surface area contributed by atoms with Crippen LogP contribution in [0.3, 0.4) is 0 Å². The monoisotopic (exact) mass is 350 g/mol. The van der Waals surface area contributed by atoms with Crippen molar-refractivity contribution in [3.63, 3.8) is 0 Å². The SMILES string of the molecule is CC1CC(C)(C(=O)OCCCCCC(=O)n2ccc(=O)[nH]c2=O)C1C. The molecule has 1 aromatic rings. The molecular weight excluding hydrogens is 324 g/mol. The zero-order valence-electron chi connectivity index (χ0n) is 15.0. The van der Waals surface area contributed by atoms with E-state index in [4.69, 9.17) is 4.74 Å². The zero-order valence-corrected chi connectivity index (χ0v) is 15.0. The minimum absolute atomic E-state index is 0.131. The fourth-order valence-corrected chi connectivity index (χ4v) is 3.39. The Morgan fingerprint density at radius 1 is 1.28 bits per heavy atom. The van der Waals surface area contributed by atoms with E-state index in [0.29, 0.717) is 31.3 Å². The van der Waals surface area contributed by atoms with Crippen LogP contribution in [-0.4, -0.2) is 28.0 Å². The van der Waals surface area contributed by atoms with Crippen molar-refractivity contribution in [3.05, 3.63) is 33.1 Å². The minimum atomic E-state index is -0.719. The Morgan fingerprint density at radius 3 is 2.60 bits per heavy atom. The van der Waals surface area contributed by atoms with Gasteiger partial charge in [0, 0.05) is 18.7 Å². The van der Waals surface area contributed by atoms with Crippen molar-refractivity contribution in [2.24, 2.45) is 17.3 Å². The van der Waals surface area contributed by atoms with E-state index in [9.17, 15) is 19.2 Å². The van der Waals surface area contributed by atoms with Crippen LogP contribution in [0.2, 0.25) is 0 Å². The van der Waals surface area contributed by atoms with Gasteiger partial charge in [0.2, 0.25) is 5.91 Å². The number of nitrogens with zero attached hydrogens (tertiary/aromatic N) is 1. The topological polar surface area (TPSA) is 98.2 Å². The van der Waals surface area contributed by atoms with Gasteiger partial charge in [-0.15, -0.1) is 0 Å². The second kappa shape index (κ2) is 7.80. The van der Waals surface area contributed by atoms with E-state index in [1.54, 1.807) is 0 Å². The van der Waals surface area contributed by atoms with Gasteiger partial charge in [-0.1, -0.05) is 13.8 Å². The van der Waals surface area contributed by atoms with Gasteiger partial charge in [0.25, 0.3) is 5.56 Å². The van der Waals surface area contributed by atoms with Crippen LogP contribution in [0.1, 0.15) is 57.7 Å². The maximum absolute atomic E-state index is 12.2. The van der Waals surface area contributed by atoms with Gasteiger partial charge in [-0.2, -0.15) is 0 Å². The second-order valence-corrected chi connectivity index (χ2v) is 7.21. The third-order valence-corrected chi connectivity index (χ3v) is 5.43. The summed E-state index contributed by atoms with van der Waals surface area (Å²) in [6, 6.07) is 1.14. The van der Waals surface area contributed by atoms with Gasteiger partial charge in [-0.25, -0.2) is 9.36 Å². The Hall–Kier alpha value is -2.18. The molecule has 1 aromatic heterocycles. The van der Waals surface area contributed by atoms with Crippen LogP contribution >= 0.6 is 0 Å². The number of aromatic amines is 1. The van der Waals surface area contributed by atoms with Gasteiger partial charge in [-0.3, -0.25) is 19.4 Å². The van der Waals surface area contributed by atoms with Crippen molar-refractivity contribution in [2.75, 3.05) is 6.61 Å². The number of aromatic nitrogens is 2. The van der Waals surface area contributed by atoms with Crippen molar-refractivity contribution in [1.29, 1.82) is 0 Å². The van der Waals surface area contributed by atoms with Crippen molar-refractivity contribution in [3.8, 4) is 0 Å². The molecule has 3 unspecified atom stereocenters. The lowest BCUT2D eigenvalue weighted by Crippen LogP contribution is -2.49. The van der Waals surface area contributed by atoms with E-state index >= 15 is 0 Å². The molecule has 0 saturated heterocycles. The van der Waals surface area contributed by atoms with E-state index in [-0.39, 0.29) is 23.7 Å². The van der Waals surface area contributed by atoms with Crippen molar-refractivity contribution >= 4 is 11.9 Å². The summed E-state index contributed by atoms with van der Waals surface area (Å²) in [4.78, 5) is 48.6. The van der Waals surface area contributed by atoms with Crippen molar-refractivity contribution in [1.82, 2.24) is 9.55 Å². The summed E-state index contributed by atoms with van der Waals surface area (Å²) in [5.74, 6) is 0.408. The first-order valence-corrected chi connectivity index (χ1v) is 8.78. The standard InChI is InChI=1S/C18H26N2O5/c1-12-11-18(3,13(12)2)16(23)25-10-6-4-5-7-15(22)20-9-8-14(21)19-17(20)24/h8-9,12-13H,4-7,10-11H2,1-3H3,(H,19,21,24). The molecular formula is C18H26N2O5. The summed E-state index contributed by atoms with van der Waals surface area (Å²) in [5, 5.41) is 0. The lowest BCUT2D eigenvalue weighted by Gasteiger charge is -2.48. The Labute approximate surface area is 146 Å². The Balaban J connectivity index is 1.65. The lowest BCUT2D eigenvalue weighted by molar-refractivity contribution is -0.170. The van der Waals surface area contributed by atoms with E-state index in [1.165, 1.54) is 6.20 Å². The molecule has 1 N–H and O–H groups in total. The molecule has 25 heavy (non-hydrogen) atoms. The molecule has 3 atom stereocenters. The van der Waals surface area contributed by atoms with E-state index in [1.807, 2.05) is 11.9 Å². The molecule has 0 aliphatic heterocycles. The first-order chi connectivity index (χ1) is 11.8. The van der Waals surface area contributed by atoms with E-state index < -0.39 is 11.2 Å². The summed E-state index contributed by atoms with van der Waals surface area (Å²) in [6.07, 6.45) is 4.25. The summed E-state index contributed by atoms with van der Waals surface area (Å²) in [7, 11) is 0. The predicted molar refractivity (Wildman–Crippen MR) is 92.4 cm³/mol. The highest BCUT2D eigenvalue weighted by Gasteiger charge is 2.51. The number of carbonyl (C=O) groups is 2. The number of rotatable bonds is 7. The molecule has 0 radical (unpaired) electrons. The van der Waals surface area contributed by atoms with Gasteiger partial charge in [0.05, 0.1) is 12.0 Å². The molecule has 2 rings (SSSR count). The Bertz CT molecular complexity index is 750. The van der Waals surface area contributed by atoms with E-state index in [2.05, 4.69) is 13.8 Å². The average Bonchev–Trinajstić information content (AvgIpc) is 2.57. The number of hydrogen-bond acceptors (Lipinski definition) is 5. The largest absolute Gasteiger partial charge is 0.465 e. The molecule has 0 amide bonds. The van der Waals surface area contributed by atoms with Crippen LogP contribution in [0.5, 0.6) is 0 Å². The number of carbonyl (C=O) groups excluding carboxylic acids is 2. The molecule has 1 fully saturated rings. The highest BCUT2D eigenvalue weighted by atomic mass is 16.5. The van der Waals surface area contributed by atoms with Gasteiger partial charge in [0.1, 0.15) is 0 Å². The van der Waals surface area contributed by atoms with Gasteiger partial charge < -0.3 is 4.74 Å². The summed E-state index contributed by atoms with van der Waals surface area (Å²) in [6.45, 7) is 6.53. The number of nitrogens with one attached hydrogen (secondary N) is 1. The number of unbranched alkanes of at least 4 members (excludes halogenated alkanes) is 2. The smallest absolute Gasteiger partial charge is 0.335 e. The molecule has 1 aliphatic rings. The van der Waals surface area contributed by atoms with Crippen LogP contribution < -0.4 is 11.2 Å². The molecule has 0 bridgehead atoms. The number of hydrogen-bond donors (Lipinski definition) is 1. The van der Waals surface area contributed by atoms with Crippen molar-refractivity contribution in [2.45, 2.75) is 52.9 Å². The van der Waals surface area contributed by atoms with Crippen molar-refractivity contribution < 1.29 is 14.3 Å². The molecule has 1 aliphatic carbocycles. The molecule has 7 nitrogen and oxygen atoms in total. The third-order valence-electron chi connectivity index (χ3n) is 5.43.